The van der Waals surface area contributed by atoms with Crippen LogP contribution in [0.25, 0.3) is 0 Å². The van der Waals surface area contributed by atoms with Crippen LogP contribution in [0.4, 0.5) is 0 Å². The van der Waals surface area contributed by atoms with Gasteiger partial charge < -0.3 is 25.3 Å². The van der Waals surface area contributed by atoms with Gasteiger partial charge >= 0.3 is 0 Å². The molecule has 1 fully saturated rings. The Balaban J connectivity index is 2.01. The van der Waals surface area contributed by atoms with E-state index in [0.29, 0.717) is 43.4 Å². The van der Waals surface area contributed by atoms with E-state index in [4.69, 9.17) is 19.9 Å². The Bertz CT molecular complexity index is 652. The molecule has 1 heterocycles. The third-order valence-corrected chi connectivity index (χ3v) is 5.47. The lowest BCUT2D eigenvalue weighted by Gasteiger charge is -2.35. The van der Waals surface area contributed by atoms with Gasteiger partial charge in [0.1, 0.15) is 0 Å². The van der Waals surface area contributed by atoms with E-state index in [1.54, 1.807) is 14.2 Å². The fraction of sp³-hybridized carbons (Fsp3) is 0.579. The lowest BCUT2D eigenvalue weighted by Crippen LogP contribution is -2.43. The van der Waals surface area contributed by atoms with Crippen molar-refractivity contribution in [2.24, 2.45) is 5.73 Å². The largest absolute Gasteiger partial charge is 0.493 e. The van der Waals surface area contributed by atoms with Gasteiger partial charge in [0.05, 0.1) is 39.2 Å². The number of nitrogens with zero attached hydrogens (tertiary/aromatic N) is 1. The van der Waals surface area contributed by atoms with Gasteiger partial charge in [-0.25, -0.2) is 0 Å². The quantitative estimate of drug-likeness (QED) is 0.519. The number of rotatable bonds is 11. The Morgan fingerprint density at radius 2 is 1.96 bits per heavy atom. The minimum Gasteiger partial charge on any atom is -0.493 e. The van der Waals surface area contributed by atoms with Gasteiger partial charge in [0.25, 0.3) is 0 Å². The van der Waals surface area contributed by atoms with Crippen molar-refractivity contribution < 1.29 is 23.8 Å². The highest BCUT2D eigenvalue weighted by Gasteiger charge is 2.24. The average Bonchev–Trinajstić information content (AvgIpc) is 2.71. The number of hydrogen-bond donors (Lipinski definition) is 2. The van der Waals surface area contributed by atoms with E-state index in [-0.39, 0.29) is 23.6 Å². The molecule has 0 aliphatic carbocycles. The summed E-state index contributed by atoms with van der Waals surface area (Å²) >= 11 is 1.36. The van der Waals surface area contributed by atoms with Crippen molar-refractivity contribution in [3.8, 4) is 11.5 Å². The highest BCUT2D eigenvalue weighted by molar-refractivity contribution is 7.99. The van der Waals surface area contributed by atoms with E-state index < -0.39 is 0 Å². The van der Waals surface area contributed by atoms with E-state index in [0.717, 1.165) is 18.7 Å². The topological polar surface area (TPSA) is 103 Å². The van der Waals surface area contributed by atoms with Crippen molar-refractivity contribution in [3.63, 3.8) is 0 Å². The number of ether oxygens (including phenoxy) is 3. The Hall–Kier alpha value is -1.97. The Morgan fingerprint density at radius 3 is 2.61 bits per heavy atom. The van der Waals surface area contributed by atoms with Gasteiger partial charge in [-0.05, 0) is 17.7 Å². The number of morpholine rings is 1. The van der Waals surface area contributed by atoms with Crippen LogP contribution in [0.2, 0.25) is 0 Å². The van der Waals surface area contributed by atoms with Gasteiger partial charge in [-0.15, -0.1) is 0 Å². The van der Waals surface area contributed by atoms with Crippen LogP contribution >= 0.6 is 11.8 Å². The number of carbonyl (C=O) groups excluding carboxylic acids is 2. The normalized spacial score (nSPS) is 15.6. The van der Waals surface area contributed by atoms with Crippen LogP contribution in [0.15, 0.2) is 18.2 Å². The molecule has 0 bridgehead atoms. The van der Waals surface area contributed by atoms with Gasteiger partial charge in [0.15, 0.2) is 11.5 Å². The second-order valence-corrected chi connectivity index (χ2v) is 7.46. The number of hydrogen-bond acceptors (Lipinski definition) is 7. The van der Waals surface area contributed by atoms with Crippen molar-refractivity contribution >= 4 is 23.6 Å². The number of nitrogens with one attached hydrogen (secondary N) is 1. The average molecular weight is 412 g/mol. The molecule has 28 heavy (non-hydrogen) atoms. The predicted molar refractivity (Wildman–Crippen MR) is 109 cm³/mol. The summed E-state index contributed by atoms with van der Waals surface area (Å²) in [6.07, 6.45) is 0.347. The molecule has 1 aliphatic rings. The van der Waals surface area contributed by atoms with E-state index in [1.807, 2.05) is 18.2 Å². The predicted octanol–water partition coefficient (Wildman–Crippen LogP) is 0.802. The Kier molecular flexibility index (Phi) is 9.39. The van der Waals surface area contributed by atoms with Crippen molar-refractivity contribution in [1.82, 2.24) is 10.2 Å². The second-order valence-electron chi connectivity index (χ2n) is 6.35. The zero-order valence-electron chi connectivity index (χ0n) is 16.4. The summed E-state index contributed by atoms with van der Waals surface area (Å²) in [6, 6.07) is 5.83. The summed E-state index contributed by atoms with van der Waals surface area (Å²) < 4.78 is 16.2. The Labute approximate surface area is 170 Å². The summed E-state index contributed by atoms with van der Waals surface area (Å²) in [4.78, 5) is 25.3. The van der Waals surface area contributed by atoms with Crippen LogP contribution in [0.5, 0.6) is 11.5 Å². The lowest BCUT2D eigenvalue weighted by molar-refractivity contribution is -0.121. The van der Waals surface area contributed by atoms with Crippen LogP contribution in [-0.4, -0.2) is 75.3 Å². The van der Waals surface area contributed by atoms with Gasteiger partial charge in [0, 0.05) is 31.8 Å². The van der Waals surface area contributed by atoms with Gasteiger partial charge in [-0.3, -0.25) is 14.5 Å². The molecule has 1 unspecified atom stereocenters. The molecule has 0 spiro atoms. The maximum atomic E-state index is 12.2. The molecule has 8 nitrogen and oxygen atoms in total. The zero-order chi connectivity index (χ0) is 20.4. The number of thioether (sulfide) groups is 1. The van der Waals surface area contributed by atoms with Gasteiger partial charge in [-0.2, -0.15) is 11.8 Å². The molecule has 1 aliphatic heterocycles. The lowest BCUT2D eigenvalue weighted by atomic mass is 10.0. The molecule has 0 radical (unpaired) electrons. The molecule has 1 aromatic rings. The van der Waals surface area contributed by atoms with Crippen LogP contribution in [0.1, 0.15) is 18.0 Å². The molecule has 2 amide bonds. The molecule has 9 heteroatoms. The van der Waals surface area contributed by atoms with Crippen LogP contribution in [0.3, 0.4) is 0 Å². The van der Waals surface area contributed by atoms with Gasteiger partial charge in [0.2, 0.25) is 11.8 Å². The SMILES string of the molecule is COc1ccc(C(CNC(=O)CCSCC(N)=O)N2CCOCC2)cc1OC. The number of carbonyl (C=O) groups is 2. The Morgan fingerprint density at radius 1 is 1.25 bits per heavy atom. The number of benzene rings is 1. The number of methoxy groups -OCH3 is 2. The molecule has 2 rings (SSSR count). The van der Waals surface area contributed by atoms with Crippen LogP contribution in [-0.2, 0) is 14.3 Å². The molecule has 0 aromatic heterocycles. The monoisotopic (exact) mass is 411 g/mol. The van der Waals surface area contributed by atoms with Crippen LogP contribution in [0, 0.1) is 0 Å². The van der Waals surface area contributed by atoms with Gasteiger partial charge in [-0.1, -0.05) is 6.07 Å². The van der Waals surface area contributed by atoms with Crippen molar-refractivity contribution in [2.45, 2.75) is 12.5 Å². The third kappa shape index (κ3) is 6.88. The first-order valence-corrected chi connectivity index (χ1v) is 10.4. The fourth-order valence-corrected chi connectivity index (χ4v) is 3.72. The maximum absolute atomic E-state index is 12.2. The summed E-state index contributed by atoms with van der Waals surface area (Å²) in [7, 11) is 3.21. The molecule has 3 N–H and O–H groups in total. The first-order chi connectivity index (χ1) is 13.5. The van der Waals surface area contributed by atoms with E-state index in [1.165, 1.54) is 11.8 Å². The fourth-order valence-electron chi connectivity index (χ4n) is 3.04. The molecule has 1 saturated heterocycles. The number of nitrogens with two attached hydrogens (primary N) is 1. The summed E-state index contributed by atoms with van der Waals surface area (Å²) in [5.41, 5.74) is 6.15. The second kappa shape index (κ2) is 11.8. The molecule has 156 valence electrons. The molecule has 1 atom stereocenters. The zero-order valence-corrected chi connectivity index (χ0v) is 17.3. The third-order valence-electron chi connectivity index (χ3n) is 4.49. The first kappa shape index (κ1) is 22.3. The molecular formula is C19H29N3O5S. The maximum Gasteiger partial charge on any atom is 0.227 e. The smallest absolute Gasteiger partial charge is 0.227 e. The number of amides is 2. The minimum atomic E-state index is -0.369. The molecular weight excluding hydrogens is 382 g/mol. The van der Waals surface area contributed by atoms with E-state index in [9.17, 15) is 9.59 Å². The van der Waals surface area contributed by atoms with Crippen molar-refractivity contribution in [3.05, 3.63) is 23.8 Å². The molecule has 1 aromatic carbocycles. The highest BCUT2D eigenvalue weighted by atomic mass is 32.2. The summed E-state index contributed by atoms with van der Waals surface area (Å²) in [5.74, 6) is 1.71. The molecule has 0 saturated carbocycles. The van der Waals surface area contributed by atoms with E-state index in [2.05, 4.69) is 10.2 Å². The van der Waals surface area contributed by atoms with Crippen molar-refractivity contribution in [2.75, 3.05) is 58.6 Å². The first-order valence-electron chi connectivity index (χ1n) is 9.21. The summed E-state index contributed by atoms with van der Waals surface area (Å²) in [5, 5.41) is 3.01. The van der Waals surface area contributed by atoms with Crippen LogP contribution < -0.4 is 20.5 Å². The van der Waals surface area contributed by atoms with E-state index >= 15 is 0 Å². The van der Waals surface area contributed by atoms with Crippen molar-refractivity contribution in [1.29, 1.82) is 0 Å². The minimum absolute atomic E-state index is 0.00549. The summed E-state index contributed by atoms with van der Waals surface area (Å²) in [6.45, 7) is 3.41. The number of primary amides is 1. The highest BCUT2D eigenvalue weighted by Crippen LogP contribution is 2.32. The standard InChI is InChI=1S/C19H29N3O5S/c1-25-16-4-3-14(11-17(16)26-2)15(22-6-8-27-9-7-22)12-21-19(24)5-10-28-13-18(20)23/h3-4,11,15H,5-10,12-13H2,1-2H3,(H2,20,23)(H,21,24).